The lowest BCUT2D eigenvalue weighted by atomic mass is 10.0. The largest absolute Gasteiger partial charge is 0.481 e. The highest BCUT2D eigenvalue weighted by atomic mass is 16.6. The van der Waals surface area contributed by atoms with Gasteiger partial charge in [-0.15, -0.1) is 0 Å². The van der Waals surface area contributed by atoms with Crippen LogP contribution in [0.1, 0.15) is 34.7 Å². The predicted molar refractivity (Wildman–Crippen MR) is 116 cm³/mol. The molecule has 3 aromatic carbocycles. The van der Waals surface area contributed by atoms with Crippen LogP contribution in [0.15, 0.2) is 66.7 Å². The van der Waals surface area contributed by atoms with Crippen LogP contribution in [0.5, 0.6) is 0 Å². The summed E-state index contributed by atoms with van der Waals surface area (Å²) < 4.78 is 5.39. The first-order valence-electron chi connectivity index (χ1n) is 10.0. The summed E-state index contributed by atoms with van der Waals surface area (Å²) in [6.45, 7) is 0.0255. The van der Waals surface area contributed by atoms with Crippen LogP contribution in [0.4, 0.5) is 10.5 Å². The van der Waals surface area contributed by atoms with Gasteiger partial charge in [0.15, 0.2) is 0 Å². The molecule has 0 heterocycles. The van der Waals surface area contributed by atoms with Crippen LogP contribution in [0.3, 0.4) is 0 Å². The van der Waals surface area contributed by atoms with Gasteiger partial charge in [-0.05, 0) is 39.8 Å². The van der Waals surface area contributed by atoms with Crippen LogP contribution >= 0.6 is 0 Å². The van der Waals surface area contributed by atoms with Crippen molar-refractivity contribution in [1.82, 2.24) is 5.32 Å². The normalized spacial score (nSPS) is 12.4. The van der Waals surface area contributed by atoms with E-state index in [0.717, 1.165) is 23.1 Å². The molecule has 32 heavy (non-hydrogen) atoms. The Bertz CT molecular complexity index is 1210. The van der Waals surface area contributed by atoms with Crippen molar-refractivity contribution >= 4 is 17.7 Å². The zero-order valence-corrected chi connectivity index (χ0v) is 17.0. The highest BCUT2D eigenvalue weighted by molar-refractivity contribution is 5.78. The minimum Gasteiger partial charge on any atom is -0.481 e. The van der Waals surface area contributed by atoms with Crippen molar-refractivity contribution in [2.24, 2.45) is 0 Å². The molecule has 0 bridgehead atoms. The summed E-state index contributed by atoms with van der Waals surface area (Å²) in [5, 5.41) is 22.8. The highest BCUT2D eigenvalue weighted by Crippen LogP contribution is 2.38. The number of benzene rings is 3. The number of nitrogens with zero attached hydrogens (tertiary/aromatic N) is 1. The molecule has 8 heteroatoms. The Kier molecular flexibility index (Phi) is 5.85. The summed E-state index contributed by atoms with van der Waals surface area (Å²) in [5.41, 5.74) is 5.60. The zero-order valence-electron chi connectivity index (χ0n) is 17.0. The molecule has 1 amide bonds. The standard InChI is InChI=1S/C24H20N2O6/c27-23(28)13-22(16-6-3-8-18(11-16)26(30)31)25-24(29)32-14-17-7-4-10-20-19-9-2-1-5-15(19)12-21(17)20/h1-11,22H,12-14H2,(H,25,29)(H,27,28)/t22-/m0/s1. The quantitative estimate of drug-likeness (QED) is 0.325. The molecule has 162 valence electrons. The Labute approximate surface area is 183 Å². The first-order valence-corrected chi connectivity index (χ1v) is 10.0. The molecule has 0 unspecified atom stereocenters. The Morgan fingerprint density at radius 2 is 1.81 bits per heavy atom. The number of aliphatic carboxylic acids is 1. The minimum atomic E-state index is -1.15. The molecule has 8 nitrogen and oxygen atoms in total. The molecule has 3 aromatic rings. The highest BCUT2D eigenvalue weighted by Gasteiger charge is 2.23. The van der Waals surface area contributed by atoms with E-state index in [1.54, 1.807) is 0 Å². The molecular formula is C24H20N2O6. The van der Waals surface area contributed by atoms with E-state index in [4.69, 9.17) is 4.74 Å². The summed E-state index contributed by atoms with van der Waals surface area (Å²) in [6, 6.07) is 18.5. The number of ether oxygens (including phenoxy) is 1. The van der Waals surface area contributed by atoms with Crippen molar-refractivity contribution in [1.29, 1.82) is 0 Å². The molecule has 0 spiro atoms. The molecule has 0 saturated heterocycles. The van der Waals surface area contributed by atoms with E-state index < -0.39 is 29.4 Å². The second kappa shape index (κ2) is 8.89. The third-order valence-electron chi connectivity index (χ3n) is 5.46. The fourth-order valence-corrected chi connectivity index (χ4v) is 3.97. The fraction of sp³-hybridized carbons (Fsp3) is 0.167. The average Bonchev–Trinajstić information content (AvgIpc) is 3.16. The molecule has 1 aliphatic carbocycles. The average molecular weight is 432 g/mol. The number of rotatable bonds is 7. The number of hydrogen-bond acceptors (Lipinski definition) is 5. The number of fused-ring (bicyclic) bond motifs is 3. The summed E-state index contributed by atoms with van der Waals surface area (Å²) in [7, 11) is 0. The van der Waals surface area contributed by atoms with Gasteiger partial charge < -0.3 is 15.2 Å². The molecule has 4 rings (SSSR count). The second-order valence-electron chi connectivity index (χ2n) is 7.50. The van der Waals surface area contributed by atoms with Crippen molar-refractivity contribution < 1.29 is 24.4 Å². The number of nitro benzene ring substituents is 1. The molecule has 0 saturated carbocycles. The van der Waals surface area contributed by atoms with E-state index in [1.807, 2.05) is 30.3 Å². The Morgan fingerprint density at radius 3 is 2.59 bits per heavy atom. The van der Waals surface area contributed by atoms with Gasteiger partial charge in [-0.2, -0.15) is 0 Å². The maximum atomic E-state index is 12.5. The van der Waals surface area contributed by atoms with Crippen molar-refractivity contribution in [3.05, 3.63) is 99.1 Å². The summed E-state index contributed by atoms with van der Waals surface area (Å²) >= 11 is 0. The van der Waals surface area contributed by atoms with E-state index in [-0.39, 0.29) is 12.3 Å². The smallest absolute Gasteiger partial charge is 0.407 e. The third-order valence-corrected chi connectivity index (χ3v) is 5.46. The maximum Gasteiger partial charge on any atom is 0.407 e. The van der Waals surface area contributed by atoms with Crippen molar-refractivity contribution in [2.45, 2.75) is 25.5 Å². The molecule has 0 fully saturated rings. The number of alkyl carbamates (subject to hydrolysis) is 1. The number of nitrogens with one attached hydrogen (secondary N) is 1. The summed E-state index contributed by atoms with van der Waals surface area (Å²) in [6.07, 6.45) is -0.482. The molecular weight excluding hydrogens is 412 g/mol. The van der Waals surface area contributed by atoms with E-state index >= 15 is 0 Å². The lowest BCUT2D eigenvalue weighted by Crippen LogP contribution is -2.30. The van der Waals surface area contributed by atoms with Gasteiger partial charge in [0.2, 0.25) is 0 Å². The van der Waals surface area contributed by atoms with Gasteiger partial charge in [0, 0.05) is 12.1 Å². The van der Waals surface area contributed by atoms with Gasteiger partial charge in [-0.3, -0.25) is 14.9 Å². The van der Waals surface area contributed by atoms with Crippen molar-refractivity contribution in [3.8, 4) is 11.1 Å². The molecule has 2 N–H and O–H groups in total. The van der Waals surface area contributed by atoms with Crippen molar-refractivity contribution in [3.63, 3.8) is 0 Å². The van der Waals surface area contributed by atoms with Crippen LogP contribution in [-0.2, 0) is 22.6 Å². The number of carbonyl (C=O) groups excluding carboxylic acids is 1. The molecule has 0 aromatic heterocycles. The number of carboxylic acid groups (broad SMARTS) is 1. The van der Waals surface area contributed by atoms with Crippen LogP contribution in [0.2, 0.25) is 0 Å². The predicted octanol–water partition coefficient (Wildman–Crippen LogP) is 4.61. The van der Waals surface area contributed by atoms with Gasteiger partial charge in [0.05, 0.1) is 17.4 Å². The molecule has 0 aliphatic heterocycles. The fourth-order valence-electron chi connectivity index (χ4n) is 3.97. The van der Waals surface area contributed by atoms with Crippen LogP contribution in [0, 0.1) is 10.1 Å². The molecule has 0 radical (unpaired) electrons. The van der Waals surface area contributed by atoms with E-state index in [0.29, 0.717) is 5.56 Å². The van der Waals surface area contributed by atoms with Gasteiger partial charge in [-0.1, -0.05) is 54.6 Å². The van der Waals surface area contributed by atoms with E-state index in [2.05, 4.69) is 17.4 Å². The third kappa shape index (κ3) is 4.44. The van der Waals surface area contributed by atoms with Crippen LogP contribution in [0.25, 0.3) is 11.1 Å². The molecule has 1 aliphatic rings. The lowest BCUT2D eigenvalue weighted by Gasteiger charge is -2.18. The first kappa shape index (κ1) is 21.0. The van der Waals surface area contributed by atoms with Crippen LogP contribution in [-0.4, -0.2) is 22.1 Å². The minimum absolute atomic E-state index is 0.0255. The molecule has 1 atom stereocenters. The maximum absolute atomic E-state index is 12.5. The zero-order chi connectivity index (χ0) is 22.7. The Balaban J connectivity index is 1.47. The number of amides is 1. The van der Waals surface area contributed by atoms with E-state index in [9.17, 15) is 24.8 Å². The summed E-state index contributed by atoms with van der Waals surface area (Å²) in [5.74, 6) is -1.15. The Hall–Kier alpha value is -4.20. The van der Waals surface area contributed by atoms with Crippen LogP contribution < -0.4 is 5.32 Å². The van der Waals surface area contributed by atoms with Gasteiger partial charge in [0.25, 0.3) is 5.69 Å². The topological polar surface area (TPSA) is 119 Å². The van der Waals surface area contributed by atoms with Gasteiger partial charge in [-0.25, -0.2) is 4.79 Å². The van der Waals surface area contributed by atoms with Gasteiger partial charge >= 0.3 is 12.1 Å². The lowest BCUT2D eigenvalue weighted by molar-refractivity contribution is -0.384. The first-order chi connectivity index (χ1) is 15.4. The number of hydrogen-bond donors (Lipinski definition) is 2. The monoisotopic (exact) mass is 432 g/mol. The van der Waals surface area contributed by atoms with E-state index in [1.165, 1.54) is 35.4 Å². The van der Waals surface area contributed by atoms with Gasteiger partial charge in [0.1, 0.15) is 6.61 Å². The number of carboxylic acids is 1. The second-order valence-corrected chi connectivity index (χ2v) is 7.50. The van der Waals surface area contributed by atoms with Crippen molar-refractivity contribution in [2.75, 3.05) is 0 Å². The number of carbonyl (C=O) groups is 2. The summed E-state index contributed by atoms with van der Waals surface area (Å²) in [4.78, 5) is 34.2. The number of non-ortho nitro benzene ring substituents is 1. The number of nitro groups is 1. The Morgan fingerprint density at radius 1 is 1.06 bits per heavy atom. The SMILES string of the molecule is O=C(O)C[C@H](NC(=O)OCc1cccc2c1Cc1ccccc1-2)c1cccc([N+](=O)[O-])c1.